The molecule has 0 radical (unpaired) electrons. The second-order valence-electron chi connectivity index (χ2n) is 0.659. The molecule has 1 nitrogen and oxygen atoms in total. The summed E-state index contributed by atoms with van der Waals surface area (Å²) >= 11 is 0. The fourth-order valence-electron chi connectivity index (χ4n) is 0. The number of carbonyl (C=O) groups excluding carboxylic acids is 1. The van der Waals surface area contributed by atoms with Gasteiger partial charge in [0.1, 0.15) is 0 Å². The Hall–Kier alpha value is -0.610. The highest BCUT2D eigenvalue weighted by atomic mass is 19.4. The molecule has 0 aliphatic carbocycles. The van der Waals surface area contributed by atoms with Crippen LogP contribution in [0.3, 0.4) is 0 Å². The molecule has 0 aromatic rings. The monoisotopic (exact) mass is 118 g/mol. The molecular formula is C2H2F4O. The van der Waals surface area contributed by atoms with Crippen LogP contribution in [0.5, 0.6) is 0 Å². The number of carbonyl (C=O) groups is 1. The number of hydrogen-bond acceptors (Lipinski definition) is 1. The Labute approximate surface area is 36.5 Å². The van der Waals surface area contributed by atoms with Crippen LogP contribution in [0, 0.1) is 0 Å². The molecule has 0 unspecified atom stereocenters. The maximum Gasteiger partial charge on any atom is 0.446 e. The summed E-state index contributed by atoms with van der Waals surface area (Å²) in [7, 11) is 0. The van der Waals surface area contributed by atoms with Crippen molar-refractivity contribution in [3.8, 4) is 0 Å². The van der Waals surface area contributed by atoms with Gasteiger partial charge in [0.2, 0.25) is 6.29 Å². The van der Waals surface area contributed by atoms with Gasteiger partial charge in [0.05, 0.1) is 0 Å². The first-order chi connectivity index (χ1) is 2.56. The lowest BCUT2D eigenvalue weighted by Gasteiger charge is -1.87. The van der Waals surface area contributed by atoms with Crippen LogP contribution in [-0.4, -0.2) is 12.5 Å². The zero-order valence-corrected chi connectivity index (χ0v) is 3.03. The van der Waals surface area contributed by atoms with Gasteiger partial charge in [-0.25, -0.2) is 0 Å². The van der Waals surface area contributed by atoms with Gasteiger partial charge in [0, 0.05) is 0 Å². The predicted molar refractivity (Wildman–Crippen MR) is 14.6 cm³/mol. The van der Waals surface area contributed by atoms with Crippen LogP contribution in [0.1, 0.15) is 0 Å². The highest BCUT2D eigenvalue weighted by Gasteiger charge is 2.24. The molecule has 44 valence electrons. The molecule has 0 amide bonds. The van der Waals surface area contributed by atoms with E-state index in [1.165, 1.54) is 0 Å². The van der Waals surface area contributed by atoms with E-state index in [0.29, 0.717) is 0 Å². The van der Waals surface area contributed by atoms with Crippen molar-refractivity contribution in [2.75, 3.05) is 0 Å². The molecule has 0 saturated carbocycles. The second-order valence-corrected chi connectivity index (χ2v) is 0.659. The summed E-state index contributed by atoms with van der Waals surface area (Å²) in [5.41, 5.74) is 0. The van der Waals surface area contributed by atoms with Gasteiger partial charge in [-0.2, -0.15) is 13.2 Å². The van der Waals surface area contributed by atoms with Gasteiger partial charge >= 0.3 is 6.18 Å². The Balaban J connectivity index is 0. The molecular weight excluding hydrogens is 116 g/mol. The molecule has 0 heterocycles. The minimum atomic E-state index is -4.64. The van der Waals surface area contributed by atoms with Crippen molar-refractivity contribution in [3.05, 3.63) is 0 Å². The highest BCUT2D eigenvalue weighted by molar-refractivity contribution is 5.56. The second kappa shape index (κ2) is 2.54. The Morgan fingerprint density at radius 1 is 1.29 bits per heavy atom. The summed E-state index contributed by atoms with van der Waals surface area (Å²) in [4.78, 5) is 8.70. The van der Waals surface area contributed by atoms with Gasteiger partial charge in [-0.05, 0) is 0 Å². The quantitative estimate of drug-likeness (QED) is 0.341. The van der Waals surface area contributed by atoms with Gasteiger partial charge in [0.15, 0.2) is 0 Å². The third kappa shape index (κ3) is 10.8. The molecule has 0 atom stereocenters. The lowest BCUT2D eigenvalue weighted by atomic mass is 10.8. The van der Waals surface area contributed by atoms with Crippen LogP contribution in [-0.2, 0) is 4.79 Å². The van der Waals surface area contributed by atoms with Crippen molar-refractivity contribution < 1.29 is 22.7 Å². The van der Waals surface area contributed by atoms with Crippen molar-refractivity contribution in [2.45, 2.75) is 6.18 Å². The number of halogens is 4. The van der Waals surface area contributed by atoms with Crippen molar-refractivity contribution in [3.63, 3.8) is 0 Å². The van der Waals surface area contributed by atoms with Crippen molar-refractivity contribution in [2.24, 2.45) is 0 Å². The minimum Gasteiger partial charge on any atom is -0.293 e. The zero-order valence-electron chi connectivity index (χ0n) is 3.03. The van der Waals surface area contributed by atoms with Gasteiger partial charge in [-0.3, -0.25) is 9.50 Å². The first kappa shape index (κ1) is 9.63. The van der Waals surface area contributed by atoms with E-state index in [2.05, 4.69) is 0 Å². The molecule has 0 aromatic heterocycles. The van der Waals surface area contributed by atoms with Crippen LogP contribution in [0.25, 0.3) is 0 Å². The summed E-state index contributed by atoms with van der Waals surface area (Å²) in [6.45, 7) is 0. The third-order valence-electron chi connectivity index (χ3n) is 0.134. The van der Waals surface area contributed by atoms with Crippen LogP contribution in [0.4, 0.5) is 17.9 Å². The number of hydrogen-bond donors (Lipinski definition) is 0. The Morgan fingerprint density at radius 2 is 1.43 bits per heavy atom. The fraction of sp³-hybridized carbons (Fsp3) is 0.500. The van der Waals surface area contributed by atoms with Gasteiger partial charge in [-0.15, -0.1) is 0 Å². The summed E-state index contributed by atoms with van der Waals surface area (Å²) < 4.78 is 31.2. The average molecular weight is 118 g/mol. The molecule has 5 heteroatoms. The largest absolute Gasteiger partial charge is 0.446 e. The van der Waals surface area contributed by atoms with E-state index in [-0.39, 0.29) is 4.70 Å². The maximum absolute atomic E-state index is 10.4. The smallest absolute Gasteiger partial charge is 0.293 e. The van der Waals surface area contributed by atoms with Gasteiger partial charge in [-0.1, -0.05) is 0 Å². The first-order valence-electron chi connectivity index (χ1n) is 1.09. The van der Waals surface area contributed by atoms with Crippen molar-refractivity contribution >= 4 is 6.29 Å². The summed E-state index contributed by atoms with van der Waals surface area (Å²) in [6.07, 6.45) is -5.70. The lowest BCUT2D eigenvalue weighted by molar-refractivity contribution is -0.156. The molecule has 0 N–H and O–H groups in total. The van der Waals surface area contributed by atoms with E-state index in [9.17, 15) is 13.2 Å². The first-order valence-corrected chi connectivity index (χ1v) is 1.09. The van der Waals surface area contributed by atoms with E-state index in [4.69, 9.17) is 4.79 Å². The molecule has 0 aliphatic rings. The fourth-order valence-corrected chi connectivity index (χ4v) is 0. The maximum atomic E-state index is 10.4. The van der Waals surface area contributed by atoms with Gasteiger partial charge in [0.25, 0.3) is 0 Å². The summed E-state index contributed by atoms with van der Waals surface area (Å²) in [5.74, 6) is 0. The van der Waals surface area contributed by atoms with Gasteiger partial charge < -0.3 is 0 Å². The third-order valence-corrected chi connectivity index (χ3v) is 0.134. The lowest BCUT2D eigenvalue weighted by Crippen LogP contribution is -2.07. The summed E-state index contributed by atoms with van der Waals surface area (Å²) in [6, 6.07) is 0. The molecule has 0 spiro atoms. The van der Waals surface area contributed by atoms with Crippen molar-refractivity contribution in [1.29, 1.82) is 0 Å². The minimum absolute atomic E-state index is 0. The molecule has 0 rings (SSSR count). The predicted octanol–water partition coefficient (Wildman–Crippen LogP) is 0.900. The Bertz CT molecular complexity index is 55.2. The molecule has 0 saturated heterocycles. The molecule has 0 fully saturated rings. The number of aldehydes is 1. The van der Waals surface area contributed by atoms with Crippen LogP contribution < -0.4 is 0 Å². The average Bonchev–Trinajstić information content (AvgIpc) is 1.35. The van der Waals surface area contributed by atoms with Crippen LogP contribution in [0.2, 0.25) is 0 Å². The normalized spacial score (nSPS) is 9.57. The molecule has 0 bridgehead atoms. The molecule has 0 aliphatic heterocycles. The topological polar surface area (TPSA) is 17.1 Å². The SMILES string of the molecule is F.O=CC(F)(F)F. The number of alkyl halides is 3. The Kier molecular flexibility index (Phi) is 3.50. The standard InChI is InChI=1S/C2HF3O.FH/c3-2(4,5)1-6;/h1H;1H. The van der Waals surface area contributed by atoms with Crippen LogP contribution in [0.15, 0.2) is 0 Å². The molecule has 0 aromatic carbocycles. The van der Waals surface area contributed by atoms with E-state index >= 15 is 0 Å². The van der Waals surface area contributed by atoms with Crippen molar-refractivity contribution in [1.82, 2.24) is 0 Å². The number of rotatable bonds is 0. The zero-order chi connectivity index (χ0) is 5.21. The summed E-state index contributed by atoms with van der Waals surface area (Å²) in [5, 5.41) is 0. The van der Waals surface area contributed by atoms with Crippen LogP contribution >= 0.6 is 0 Å². The van der Waals surface area contributed by atoms with E-state index in [1.807, 2.05) is 0 Å². The highest BCUT2D eigenvalue weighted by Crippen LogP contribution is 2.08. The molecule has 7 heavy (non-hydrogen) atoms. The van der Waals surface area contributed by atoms with E-state index in [1.54, 1.807) is 0 Å². The van der Waals surface area contributed by atoms with E-state index < -0.39 is 12.5 Å². The Morgan fingerprint density at radius 3 is 1.43 bits per heavy atom. The van der Waals surface area contributed by atoms with E-state index in [0.717, 1.165) is 0 Å².